The number of thiazole rings is 1. The molecule has 0 radical (unpaired) electrons. The average Bonchev–Trinajstić information content (AvgIpc) is 3.22. The summed E-state index contributed by atoms with van der Waals surface area (Å²) in [4.78, 5) is 24.3. The molecule has 1 amide bonds. The van der Waals surface area contributed by atoms with Crippen LogP contribution < -0.4 is 4.90 Å². The standard InChI is InChI=1S/C22H25N3OS3/c1-27-18-9-5-10-19-21(18)23-22(29-19)25-14-12-24(13-15-25)20(26)11-6-16-28-17-7-3-2-4-8-17/h2-5,7-10H,6,11-16H2,1H3. The first kappa shape index (κ1) is 20.6. The van der Waals surface area contributed by atoms with E-state index in [1.165, 1.54) is 14.5 Å². The van der Waals surface area contributed by atoms with Gasteiger partial charge >= 0.3 is 0 Å². The molecule has 2 heterocycles. The first-order chi connectivity index (χ1) is 14.2. The van der Waals surface area contributed by atoms with Gasteiger partial charge in [0.2, 0.25) is 5.91 Å². The van der Waals surface area contributed by atoms with Gasteiger partial charge in [0.1, 0.15) is 0 Å². The van der Waals surface area contributed by atoms with Gasteiger partial charge in [-0.15, -0.1) is 23.5 Å². The van der Waals surface area contributed by atoms with Gasteiger partial charge in [-0.1, -0.05) is 35.6 Å². The molecule has 0 aliphatic carbocycles. The van der Waals surface area contributed by atoms with Crippen molar-refractivity contribution < 1.29 is 4.79 Å². The van der Waals surface area contributed by atoms with E-state index >= 15 is 0 Å². The highest BCUT2D eigenvalue weighted by Crippen LogP contribution is 2.34. The molecule has 4 nitrogen and oxygen atoms in total. The zero-order valence-electron chi connectivity index (χ0n) is 16.5. The summed E-state index contributed by atoms with van der Waals surface area (Å²) >= 11 is 5.32. The van der Waals surface area contributed by atoms with E-state index in [1.54, 1.807) is 23.1 Å². The summed E-state index contributed by atoms with van der Waals surface area (Å²) in [5.74, 6) is 1.27. The molecule has 152 valence electrons. The quantitative estimate of drug-likeness (QED) is 0.369. The number of benzene rings is 2. The lowest BCUT2D eigenvalue weighted by atomic mass is 10.2. The van der Waals surface area contributed by atoms with Crippen molar-refractivity contribution in [2.45, 2.75) is 22.6 Å². The fourth-order valence-corrected chi connectivity index (χ4v) is 5.99. The van der Waals surface area contributed by atoms with Crippen LogP contribution in [0.5, 0.6) is 0 Å². The predicted molar refractivity (Wildman–Crippen MR) is 127 cm³/mol. The fraction of sp³-hybridized carbons (Fsp3) is 0.364. The number of para-hydroxylation sites is 1. The van der Waals surface area contributed by atoms with E-state index in [9.17, 15) is 4.79 Å². The summed E-state index contributed by atoms with van der Waals surface area (Å²) < 4.78 is 1.24. The molecule has 0 unspecified atom stereocenters. The van der Waals surface area contributed by atoms with Crippen molar-refractivity contribution in [2.75, 3.05) is 43.1 Å². The minimum Gasteiger partial charge on any atom is -0.345 e. The van der Waals surface area contributed by atoms with Crippen LogP contribution in [0.25, 0.3) is 10.2 Å². The van der Waals surface area contributed by atoms with E-state index in [0.29, 0.717) is 6.42 Å². The zero-order chi connectivity index (χ0) is 20.1. The Hall–Kier alpha value is -1.70. The molecule has 29 heavy (non-hydrogen) atoms. The zero-order valence-corrected chi connectivity index (χ0v) is 19.0. The number of hydrogen-bond donors (Lipinski definition) is 0. The molecule has 7 heteroatoms. The van der Waals surface area contributed by atoms with Crippen LogP contribution in [0, 0.1) is 0 Å². The van der Waals surface area contributed by atoms with Gasteiger partial charge in [-0.3, -0.25) is 4.79 Å². The second-order valence-electron chi connectivity index (χ2n) is 6.94. The summed E-state index contributed by atoms with van der Waals surface area (Å²) in [5.41, 5.74) is 1.11. The van der Waals surface area contributed by atoms with Gasteiger partial charge in [-0.2, -0.15) is 0 Å². The van der Waals surface area contributed by atoms with Crippen molar-refractivity contribution >= 4 is 56.1 Å². The molecule has 4 rings (SSSR count). The second-order valence-corrected chi connectivity index (χ2v) is 9.96. The number of anilines is 1. The minimum atomic E-state index is 0.285. The third-order valence-corrected chi connectivity index (χ3v) is 7.99. The van der Waals surface area contributed by atoms with Gasteiger partial charge in [0.25, 0.3) is 0 Å². The van der Waals surface area contributed by atoms with Gasteiger partial charge in [0, 0.05) is 42.4 Å². The Kier molecular flexibility index (Phi) is 7.00. The molecule has 0 N–H and O–H groups in total. The van der Waals surface area contributed by atoms with E-state index in [1.807, 2.05) is 22.7 Å². The van der Waals surface area contributed by atoms with Crippen LogP contribution in [-0.4, -0.2) is 54.0 Å². The fourth-order valence-electron chi connectivity index (χ4n) is 3.45. The molecule has 3 aromatic rings. The molecule has 1 fully saturated rings. The number of rotatable bonds is 7. The topological polar surface area (TPSA) is 36.4 Å². The average molecular weight is 444 g/mol. The van der Waals surface area contributed by atoms with E-state index < -0.39 is 0 Å². The first-order valence-corrected chi connectivity index (χ1v) is 12.9. The largest absolute Gasteiger partial charge is 0.345 e. The summed E-state index contributed by atoms with van der Waals surface area (Å²) in [7, 11) is 0. The van der Waals surface area contributed by atoms with Crippen LogP contribution in [0.3, 0.4) is 0 Å². The molecule has 1 aromatic heterocycles. The number of carbonyl (C=O) groups is 1. The molecule has 0 saturated carbocycles. The van der Waals surface area contributed by atoms with Crippen LogP contribution in [-0.2, 0) is 4.79 Å². The maximum Gasteiger partial charge on any atom is 0.222 e. The Labute approximate surface area is 184 Å². The molecule has 1 aliphatic rings. The van der Waals surface area contributed by atoms with Crippen molar-refractivity contribution in [1.29, 1.82) is 0 Å². The Morgan fingerprint density at radius 3 is 2.62 bits per heavy atom. The maximum absolute atomic E-state index is 12.6. The van der Waals surface area contributed by atoms with E-state index in [0.717, 1.165) is 49.0 Å². The van der Waals surface area contributed by atoms with Gasteiger partial charge < -0.3 is 9.80 Å². The Bertz CT molecular complexity index is 952. The van der Waals surface area contributed by atoms with Crippen LogP contribution in [0.15, 0.2) is 58.3 Å². The van der Waals surface area contributed by atoms with Crippen LogP contribution in [0.2, 0.25) is 0 Å². The number of hydrogen-bond acceptors (Lipinski definition) is 6. The highest BCUT2D eigenvalue weighted by atomic mass is 32.2. The van der Waals surface area contributed by atoms with Crippen LogP contribution in [0.4, 0.5) is 5.13 Å². The monoisotopic (exact) mass is 443 g/mol. The Balaban J connectivity index is 1.25. The SMILES string of the molecule is CSc1cccc2sc(N3CCN(C(=O)CCCSc4ccccc4)CC3)nc12. The highest BCUT2D eigenvalue weighted by molar-refractivity contribution is 7.99. The minimum absolute atomic E-state index is 0.285. The highest BCUT2D eigenvalue weighted by Gasteiger charge is 2.23. The Morgan fingerprint density at radius 2 is 1.86 bits per heavy atom. The van der Waals surface area contributed by atoms with Crippen molar-refractivity contribution in [3.05, 3.63) is 48.5 Å². The second kappa shape index (κ2) is 9.87. The lowest BCUT2D eigenvalue weighted by Gasteiger charge is -2.34. The van der Waals surface area contributed by atoms with Gasteiger partial charge in [-0.05, 0) is 42.7 Å². The summed E-state index contributed by atoms with van der Waals surface area (Å²) in [5, 5.41) is 1.08. The molecular weight excluding hydrogens is 418 g/mol. The molecule has 1 saturated heterocycles. The summed E-state index contributed by atoms with van der Waals surface area (Å²) in [6.07, 6.45) is 3.66. The van der Waals surface area contributed by atoms with Crippen LogP contribution in [0.1, 0.15) is 12.8 Å². The molecule has 2 aromatic carbocycles. The summed E-state index contributed by atoms with van der Waals surface area (Å²) in [6, 6.07) is 16.8. The molecule has 0 spiro atoms. The number of fused-ring (bicyclic) bond motifs is 1. The van der Waals surface area contributed by atoms with Gasteiger partial charge in [0.05, 0.1) is 10.2 Å². The number of piperazine rings is 1. The van der Waals surface area contributed by atoms with E-state index in [2.05, 4.69) is 53.6 Å². The molecule has 1 aliphatic heterocycles. The molecule has 0 bridgehead atoms. The lowest BCUT2D eigenvalue weighted by molar-refractivity contribution is -0.131. The Morgan fingerprint density at radius 1 is 1.07 bits per heavy atom. The predicted octanol–water partition coefficient (Wildman–Crippen LogP) is 5.24. The molecular formula is C22H25N3OS3. The van der Waals surface area contributed by atoms with Crippen molar-refractivity contribution in [3.63, 3.8) is 0 Å². The maximum atomic E-state index is 12.6. The summed E-state index contributed by atoms with van der Waals surface area (Å²) in [6.45, 7) is 3.30. The number of aromatic nitrogens is 1. The van der Waals surface area contributed by atoms with Gasteiger partial charge in [-0.25, -0.2) is 4.98 Å². The first-order valence-electron chi connectivity index (χ1n) is 9.89. The van der Waals surface area contributed by atoms with Crippen molar-refractivity contribution in [2.24, 2.45) is 0 Å². The number of amides is 1. The van der Waals surface area contributed by atoms with E-state index in [4.69, 9.17) is 4.98 Å². The number of thioether (sulfide) groups is 2. The third-order valence-electron chi connectivity index (χ3n) is 5.04. The lowest BCUT2D eigenvalue weighted by Crippen LogP contribution is -2.48. The number of carbonyl (C=O) groups excluding carboxylic acids is 1. The third kappa shape index (κ3) is 5.08. The van der Waals surface area contributed by atoms with Crippen molar-refractivity contribution in [3.8, 4) is 0 Å². The van der Waals surface area contributed by atoms with Crippen LogP contribution >= 0.6 is 34.9 Å². The number of nitrogens with zero attached hydrogens (tertiary/aromatic N) is 3. The van der Waals surface area contributed by atoms with Crippen molar-refractivity contribution in [1.82, 2.24) is 9.88 Å². The smallest absolute Gasteiger partial charge is 0.222 e. The van der Waals surface area contributed by atoms with E-state index in [-0.39, 0.29) is 5.91 Å². The molecule has 0 atom stereocenters. The normalized spacial score (nSPS) is 14.5. The van der Waals surface area contributed by atoms with Gasteiger partial charge in [0.15, 0.2) is 5.13 Å².